The largest absolute Gasteiger partial charge is 0.325 e. The average molecular weight is 269 g/mol. The molecule has 106 valence electrons. The van der Waals surface area contributed by atoms with Gasteiger partial charge in [0.1, 0.15) is 0 Å². The summed E-state index contributed by atoms with van der Waals surface area (Å²) < 4.78 is 0. The van der Waals surface area contributed by atoms with Crippen LogP contribution in [-0.2, 0) is 4.79 Å². The van der Waals surface area contributed by atoms with E-state index in [-0.39, 0.29) is 5.91 Å². The molecule has 0 aromatic heterocycles. The van der Waals surface area contributed by atoms with Gasteiger partial charge in [-0.25, -0.2) is 0 Å². The van der Waals surface area contributed by atoms with Gasteiger partial charge in [-0.1, -0.05) is 17.7 Å². The molecule has 0 aliphatic heterocycles. The lowest BCUT2D eigenvalue weighted by molar-refractivity contribution is -0.118. The van der Waals surface area contributed by atoms with E-state index in [4.69, 9.17) is 0 Å². The number of fused-ring (bicyclic) bond motifs is 5. The van der Waals surface area contributed by atoms with Crippen molar-refractivity contribution in [2.45, 2.75) is 40.0 Å². The summed E-state index contributed by atoms with van der Waals surface area (Å²) in [6, 6.07) is 4.31. The standard InChI is InChI=1S/C18H23NO/c1-9-6-10(2)17(11(3)7-9)19-18(20)16-14-12-4-5-13(8-12)15(14)16/h6-7,12-16H,4-5,8H2,1-3H3,(H,19,20)/t12-,13-,14-,15-/m1/s1. The number of anilines is 1. The summed E-state index contributed by atoms with van der Waals surface area (Å²) in [6.07, 6.45) is 4.15. The fourth-order valence-electron chi connectivity index (χ4n) is 5.26. The number of nitrogens with one attached hydrogen (secondary N) is 1. The Balaban J connectivity index is 1.52. The highest BCUT2D eigenvalue weighted by molar-refractivity contribution is 5.96. The molecule has 1 amide bonds. The van der Waals surface area contributed by atoms with Crippen LogP contribution >= 0.6 is 0 Å². The number of aryl methyl sites for hydroxylation is 3. The highest BCUT2D eigenvalue weighted by atomic mass is 16.2. The molecule has 0 radical (unpaired) electrons. The van der Waals surface area contributed by atoms with Crippen molar-refractivity contribution < 1.29 is 4.79 Å². The third-order valence-electron chi connectivity index (χ3n) is 5.96. The normalized spacial score (nSPS) is 36.9. The van der Waals surface area contributed by atoms with Crippen molar-refractivity contribution >= 4 is 11.6 Å². The van der Waals surface area contributed by atoms with Gasteiger partial charge in [-0.3, -0.25) is 4.79 Å². The zero-order valence-electron chi connectivity index (χ0n) is 12.6. The van der Waals surface area contributed by atoms with Crippen molar-refractivity contribution in [2.75, 3.05) is 5.32 Å². The molecule has 1 aromatic rings. The number of benzene rings is 1. The van der Waals surface area contributed by atoms with E-state index in [1.165, 1.54) is 36.0 Å². The Hall–Kier alpha value is -1.31. The molecule has 1 aromatic carbocycles. The van der Waals surface area contributed by atoms with Crippen LogP contribution in [0.15, 0.2) is 12.1 Å². The first-order valence-corrected chi connectivity index (χ1v) is 7.95. The van der Waals surface area contributed by atoms with E-state index in [2.05, 4.69) is 38.2 Å². The Morgan fingerprint density at radius 3 is 2.15 bits per heavy atom. The second kappa shape index (κ2) is 4.09. The number of hydrogen-bond acceptors (Lipinski definition) is 1. The van der Waals surface area contributed by atoms with E-state index in [1.807, 2.05) is 0 Å². The van der Waals surface area contributed by atoms with Crippen molar-refractivity contribution in [2.24, 2.45) is 29.6 Å². The lowest BCUT2D eigenvalue weighted by Gasteiger charge is -2.14. The maximum atomic E-state index is 12.6. The molecule has 4 atom stereocenters. The Labute approximate surface area is 121 Å². The van der Waals surface area contributed by atoms with Crippen LogP contribution < -0.4 is 5.32 Å². The topological polar surface area (TPSA) is 29.1 Å². The Kier molecular flexibility index (Phi) is 2.55. The van der Waals surface area contributed by atoms with E-state index in [1.54, 1.807) is 0 Å². The van der Waals surface area contributed by atoms with Gasteiger partial charge in [0, 0.05) is 11.6 Å². The monoisotopic (exact) mass is 269 g/mol. The number of rotatable bonds is 2. The SMILES string of the molecule is Cc1cc(C)c(NC(=O)C2[C@@H]3[C@@H]4CC[C@H](C4)[C@@H]23)c(C)c1. The zero-order chi connectivity index (χ0) is 14.0. The summed E-state index contributed by atoms with van der Waals surface area (Å²) in [4.78, 5) is 12.6. The first kappa shape index (κ1) is 12.4. The predicted molar refractivity (Wildman–Crippen MR) is 80.6 cm³/mol. The summed E-state index contributed by atoms with van der Waals surface area (Å²) in [5.74, 6) is 3.77. The minimum absolute atomic E-state index is 0.284. The van der Waals surface area contributed by atoms with E-state index >= 15 is 0 Å². The predicted octanol–water partition coefficient (Wildman–Crippen LogP) is 3.84. The first-order valence-electron chi connectivity index (χ1n) is 7.95. The van der Waals surface area contributed by atoms with Crippen molar-refractivity contribution in [1.29, 1.82) is 0 Å². The van der Waals surface area contributed by atoms with E-state index in [0.717, 1.165) is 29.4 Å². The molecule has 20 heavy (non-hydrogen) atoms. The van der Waals surface area contributed by atoms with Gasteiger partial charge in [0.05, 0.1) is 0 Å². The zero-order valence-corrected chi connectivity index (χ0v) is 12.6. The Bertz CT molecular complexity index is 552. The molecule has 3 fully saturated rings. The van der Waals surface area contributed by atoms with Gasteiger partial charge in [-0.2, -0.15) is 0 Å². The minimum Gasteiger partial charge on any atom is -0.325 e. The third kappa shape index (κ3) is 1.66. The Morgan fingerprint density at radius 1 is 1.05 bits per heavy atom. The van der Waals surface area contributed by atoms with E-state index in [9.17, 15) is 4.79 Å². The molecule has 3 saturated carbocycles. The van der Waals surface area contributed by atoms with Gasteiger partial charge in [0.25, 0.3) is 0 Å². The minimum atomic E-state index is 0.284. The van der Waals surface area contributed by atoms with Crippen molar-refractivity contribution in [3.63, 3.8) is 0 Å². The van der Waals surface area contributed by atoms with Crippen LogP contribution in [0.1, 0.15) is 36.0 Å². The summed E-state index contributed by atoms with van der Waals surface area (Å²) in [7, 11) is 0. The molecular formula is C18H23NO. The first-order chi connectivity index (χ1) is 9.56. The molecule has 2 heteroatoms. The van der Waals surface area contributed by atoms with E-state index < -0.39 is 0 Å². The molecular weight excluding hydrogens is 246 g/mol. The van der Waals surface area contributed by atoms with Crippen LogP contribution in [0.25, 0.3) is 0 Å². The van der Waals surface area contributed by atoms with Crippen LogP contribution in [-0.4, -0.2) is 5.91 Å². The van der Waals surface area contributed by atoms with Gasteiger partial charge in [0.2, 0.25) is 5.91 Å². The fourth-order valence-corrected chi connectivity index (χ4v) is 5.26. The summed E-state index contributed by atoms with van der Waals surface area (Å²) in [6.45, 7) is 6.29. The molecule has 1 N–H and O–H groups in total. The van der Waals surface area contributed by atoms with Crippen LogP contribution in [0.3, 0.4) is 0 Å². The molecule has 0 unspecified atom stereocenters. The molecule has 0 spiro atoms. The van der Waals surface area contributed by atoms with Gasteiger partial charge in [0.15, 0.2) is 0 Å². The van der Waals surface area contributed by atoms with Crippen LogP contribution in [0.4, 0.5) is 5.69 Å². The molecule has 2 nitrogen and oxygen atoms in total. The van der Waals surface area contributed by atoms with Crippen molar-refractivity contribution in [1.82, 2.24) is 0 Å². The number of hydrogen-bond donors (Lipinski definition) is 1. The summed E-state index contributed by atoms with van der Waals surface area (Å²) in [5.41, 5.74) is 4.67. The van der Waals surface area contributed by atoms with Gasteiger partial charge >= 0.3 is 0 Å². The number of amides is 1. The second-order valence-electron chi connectivity index (χ2n) is 7.28. The lowest BCUT2D eigenvalue weighted by Crippen LogP contribution is -2.19. The van der Waals surface area contributed by atoms with Crippen LogP contribution in [0.5, 0.6) is 0 Å². The molecule has 3 aliphatic carbocycles. The highest BCUT2D eigenvalue weighted by Gasteiger charge is 2.67. The fraction of sp³-hybridized carbons (Fsp3) is 0.611. The Morgan fingerprint density at radius 2 is 1.60 bits per heavy atom. The quantitative estimate of drug-likeness (QED) is 0.868. The molecule has 3 aliphatic rings. The smallest absolute Gasteiger partial charge is 0.228 e. The van der Waals surface area contributed by atoms with Crippen LogP contribution in [0.2, 0.25) is 0 Å². The number of carbonyl (C=O) groups is 1. The average Bonchev–Trinajstić information content (AvgIpc) is 2.82. The second-order valence-corrected chi connectivity index (χ2v) is 7.28. The van der Waals surface area contributed by atoms with E-state index in [0.29, 0.717) is 5.92 Å². The molecule has 2 bridgehead atoms. The molecule has 4 rings (SSSR count). The number of carbonyl (C=O) groups excluding carboxylic acids is 1. The van der Waals surface area contributed by atoms with Gasteiger partial charge in [-0.05, 0) is 74.8 Å². The lowest BCUT2D eigenvalue weighted by atomic mass is 10.0. The molecule has 0 saturated heterocycles. The third-order valence-corrected chi connectivity index (χ3v) is 5.96. The maximum absolute atomic E-state index is 12.6. The van der Waals surface area contributed by atoms with Gasteiger partial charge in [-0.15, -0.1) is 0 Å². The molecule has 0 heterocycles. The van der Waals surface area contributed by atoms with Crippen molar-refractivity contribution in [3.05, 3.63) is 28.8 Å². The van der Waals surface area contributed by atoms with Crippen LogP contribution in [0, 0.1) is 50.4 Å². The maximum Gasteiger partial charge on any atom is 0.228 e. The summed E-state index contributed by atoms with van der Waals surface area (Å²) in [5, 5.41) is 3.23. The highest BCUT2D eigenvalue weighted by Crippen LogP contribution is 2.69. The van der Waals surface area contributed by atoms with Gasteiger partial charge < -0.3 is 5.32 Å². The van der Waals surface area contributed by atoms with Crippen molar-refractivity contribution in [3.8, 4) is 0 Å². The summed E-state index contributed by atoms with van der Waals surface area (Å²) >= 11 is 0.